The largest absolute Gasteiger partial charge is 0.492 e. The van der Waals surface area contributed by atoms with Gasteiger partial charge in [-0.25, -0.2) is 0 Å². The van der Waals surface area contributed by atoms with Crippen molar-refractivity contribution in [3.63, 3.8) is 0 Å². The predicted molar refractivity (Wildman–Crippen MR) is 123 cm³/mol. The summed E-state index contributed by atoms with van der Waals surface area (Å²) in [6, 6.07) is 12.1. The molecule has 0 amide bonds. The van der Waals surface area contributed by atoms with Gasteiger partial charge in [-0.15, -0.1) is 0 Å². The molecule has 0 spiro atoms. The molecule has 30 heavy (non-hydrogen) atoms. The molecule has 0 fully saturated rings. The minimum absolute atomic E-state index is 0.646. The lowest BCUT2D eigenvalue weighted by molar-refractivity contribution is 0.214. The molecule has 1 N–H and O–H groups in total. The van der Waals surface area contributed by atoms with Gasteiger partial charge in [-0.2, -0.15) is 0 Å². The Morgan fingerprint density at radius 1 is 0.700 bits per heavy atom. The van der Waals surface area contributed by atoms with E-state index < -0.39 is 6.10 Å². The fourth-order valence-electron chi connectivity index (χ4n) is 4.04. The fourth-order valence-corrected chi connectivity index (χ4v) is 4.04. The van der Waals surface area contributed by atoms with Gasteiger partial charge in [0.1, 0.15) is 30.8 Å². The van der Waals surface area contributed by atoms with E-state index in [9.17, 15) is 5.11 Å². The highest BCUT2D eigenvalue weighted by Crippen LogP contribution is 2.45. The zero-order valence-corrected chi connectivity index (χ0v) is 18.9. The minimum Gasteiger partial charge on any atom is -0.492 e. The summed E-state index contributed by atoms with van der Waals surface area (Å²) in [7, 11) is 0. The van der Waals surface area contributed by atoms with Gasteiger partial charge < -0.3 is 24.4 Å². The molecule has 0 atom stereocenters. The summed E-state index contributed by atoms with van der Waals surface area (Å²) in [5.74, 6) is 1.62. The smallest absolute Gasteiger partial charge is 0.119 e. The van der Waals surface area contributed by atoms with Crippen LogP contribution < -0.4 is 9.47 Å². The summed E-state index contributed by atoms with van der Waals surface area (Å²) in [6.45, 7) is 15.8. The summed E-state index contributed by atoms with van der Waals surface area (Å²) < 4.78 is 11.9. The normalized spacial score (nSPS) is 13.0. The number of hydrogen-bond acceptors (Lipinski definition) is 5. The number of nitrogens with zero attached hydrogens (tertiary/aromatic N) is 2. The van der Waals surface area contributed by atoms with E-state index in [0.29, 0.717) is 13.2 Å². The highest BCUT2D eigenvalue weighted by atomic mass is 16.5. The van der Waals surface area contributed by atoms with Gasteiger partial charge in [0.25, 0.3) is 0 Å². The van der Waals surface area contributed by atoms with Gasteiger partial charge in [-0.1, -0.05) is 39.8 Å². The number of rotatable bonds is 12. The van der Waals surface area contributed by atoms with Crippen LogP contribution in [0.5, 0.6) is 11.5 Å². The Hall–Kier alpha value is -2.08. The third-order valence-corrected chi connectivity index (χ3v) is 6.07. The molecule has 0 aliphatic heterocycles. The first-order chi connectivity index (χ1) is 14.6. The van der Waals surface area contributed by atoms with Crippen molar-refractivity contribution in [3.8, 4) is 22.6 Å². The van der Waals surface area contributed by atoms with Crippen LogP contribution in [-0.2, 0) is 0 Å². The van der Waals surface area contributed by atoms with Gasteiger partial charge in [0.2, 0.25) is 0 Å². The first-order valence-electron chi connectivity index (χ1n) is 11.3. The SMILES string of the molecule is CCN(CC)CCOc1ccc2c(c1)C(O)c1cc(OCCN(CC)CC)ccc1-2. The van der Waals surface area contributed by atoms with Crippen molar-refractivity contribution in [2.45, 2.75) is 33.8 Å². The summed E-state index contributed by atoms with van der Waals surface area (Å²) >= 11 is 0. The lowest BCUT2D eigenvalue weighted by Gasteiger charge is -2.18. The molecule has 5 heteroatoms. The van der Waals surface area contributed by atoms with E-state index in [1.54, 1.807) is 0 Å². The molecule has 0 unspecified atom stereocenters. The molecule has 1 aliphatic rings. The highest BCUT2D eigenvalue weighted by Gasteiger charge is 2.28. The summed E-state index contributed by atoms with van der Waals surface area (Å²) in [5, 5.41) is 10.9. The molecule has 164 valence electrons. The van der Waals surface area contributed by atoms with E-state index in [4.69, 9.17) is 9.47 Å². The van der Waals surface area contributed by atoms with Gasteiger partial charge in [0.15, 0.2) is 0 Å². The van der Waals surface area contributed by atoms with Crippen LogP contribution in [-0.4, -0.2) is 67.4 Å². The molecule has 5 nitrogen and oxygen atoms in total. The second kappa shape index (κ2) is 10.8. The Kier molecular flexibility index (Phi) is 8.14. The fraction of sp³-hybridized carbons (Fsp3) is 0.520. The monoisotopic (exact) mass is 412 g/mol. The zero-order valence-electron chi connectivity index (χ0n) is 18.9. The number of benzene rings is 2. The maximum Gasteiger partial charge on any atom is 0.119 e. The standard InChI is InChI=1S/C25H36N2O3/c1-5-26(6-2)13-15-29-19-9-11-21-22-12-10-20(30-16-14-27(7-3)8-4)18-24(22)25(28)23(21)17-19/h9-12,17-18,25,28H,5-8,13-16H2,1-4H3. The topological polar surface area (TPSA) is 45.2 Å². The van der Waals surface area contributed by atoms with Gasteiger partial charge in [-0.3, -0.25) is 0 Å². The molecule has 1 aliphatic carbocycles. The molecule has 0 radical (unpaired) electrons. The molecule has 0 bridgehead atoms. The lowest BCUT2D eigenvalue weighted by Crippen LogP contribution is -2.27. The molecule has 0 saturated carbocycles. The van der Waals surface area contributed by atoms with E-state index in [1.807, 2.05) is 24.3 Å². The van der Waals surface area contributed by atoms with Crippen LogP contribution in [0.3, 0.4) is 0 Å². The quantitative estimate of drug-likeness (QED) is 0.566. The highest BCUT2D eigenvalue weighted by molar-refractivity contribution is 5.79. The van der Waals surface area contributed by atoms with Crippen molar-refractivity contribution < 1.29 is 14.6 Å². The van der Waals surface area contributed by atoms with Crippen LogP contribution >= 0.6 is 0 Å². The lowest BCUT2D eigenvalue weighted by atomic mass is 10.1. The molecule has 2 aromatic rings. The summed E-state index contributed by atoms with van der Waals surface area (Å²) in [6.07, 6.45) is -0.646. The van der Waals surface area contributed by atoms with Gasteiger partial charge in [0.05, 0.1) is 0 Å². The first-order valence-corrected chi connectivity index (χ1v) is 11.3. The van der Waals surface area contributed by atoms with Crippen molar-refractivity contribution in [1.82, 2.24) is 9.80 Å². The Bertz CT molecular complexity index is 749. The van der Waals surface area contributed by atoms with E-state index in [-0.39, 0.29) is 0 Å². The van der Waals surface area contributed by atoms with Crippen molar-refractivity contribution in [2.75, 3.05) is 52.5 Å². The molecule has 2 aromatic carbocycles. The number of hydrogen-bond donors (Lipinski definition) is 1. The van der Waals surface area contributed by atoms with E-state index in [2.05, 4.69) is 49.6 Å². The molecule has 0 saturated heterocycles. The average molecular weight is 413 g/mol. The number of ether oxygens (including phenoxy) is 2. The van der Waals surface area contributed by atoms with E-state index in [0.717, 1.165) is 73.0 Å². The van der Waals surface area contributed by atoms with Crippen LogP contribution in [0.25, 0.3) is 11.1 Å². The van der Waals surface area contributed by atoms with Crippen molar-refractivity contribution in [3.05, 3.63) is 47.5 Å². The van der Waals surface area contributed by atoms with Crippen molar-refractivity contribution >= 4 is 0 Å². The van der Waals surface area contributed by atoms with Crippen LogP contribution in [0, 0.1) is 0 Å². The van der Waals surface area contributed by atoms with Crippen LogP contribution in [0.4, 0.5) is 0 Å². The van der Waals surface area contributed by atoms with Crippen LogP contribution in [0.1, 0.15) is 44.9 Å². The van der Waals surface area contributed by atoms with Crippen LogP contribution in [0.15, 0.2) is 36.4 Å². The Morgan fingerprint density at radius 2 is 1.10 bits per heavy atom. The Balaban J connectivity index is 1.65. The number of likely N-dealkylation sites (N-methyl/N-ethyl adjacent to an activating group) is 2. The first kappa shape index (κ1) is 22.6. The second-order valence-corrected chi connectivity index (χ2v) is 7.65. The van der Waals surface area contributed by atoms with E-state index >= 15 is 0 Å². The molecule has 0 heterocycles. The van der Waals surface area contributed by atoms with Gasteiger partial charge >= 0.3 is 0 Å². The zero-order chi connectivity index (χ0) is 21.5. The van der Waals surface area contributed by atoms with Gasteiger partial charge in [-0.05, 0) is 72.7 Å². The third kappa shape index (κ3) is 5.15. The molecular weight excluding hydrogens is 376 g/mol. The Morgan fingerprint density at radius 3 is 1.47 bits per heavy atom. The summed E-state index contributed by atoms with van der Waals surface area (Å²) in [4.78, 5) is 4.67. The van der Waals surface area contributed by atoms with Gasteiger partial charge in [0, 0.05) is 13.1 Å². The number of fused-ring (bicyclic) bond motifs is 3. The summed E-state index contributed by atoms with van der Waals surface area (Å²) in [5.41, 5.74) is 3.96. The third-order valence-electron chi connectivity index (χ3n) is 6.07. The number of aliphatic hydroxyl groups is 1. The molecule has 0 aromatic heterocycles. The number of aliphatic hydroxyl groups excluding tert-OH is 1. The Labute approximate surface area is 181 Å². The maximum atomic E-state index is 10.9. The molecular formula is C25H36N2O3. The average Bonchev–Trinajstić information content (AvgIpc) is 3.05. The predicted octanol–water partition coefficient (Wildman–Crippen LogP) is 4.19. The maximum absolute atomic E-state index is 10.9. The molecule has 3 rings (SSSR count). The van der Waals surface area contributed by atoms with Crippen molar-refractivity contribution in [1.29, 1.82) is 0 Å². The van der Waals surface area contributed by atoms with Crippen LogP contribution in [0.2, 0.25) is 0 Å². The minimum atomic E-state index is -0.646. The van der Waals surface area contributed by atoms with Crippen molar-refractivity contribution in [2.24, 2.45) is 0 Å². The van der Waals surface area contributed by atoms with E-state index in [1.165, 1.54) is 0 Å². The second-order valence-electron chi connectivity index (χ2n) is 7.65.